The van der Waals surface area contributed by atoms with E-state index in [1.54, 1.807) is 4.90 Å². The molecule has 7 heteroatoms. The fourth-order valence-electron chi connectivity index (χ4n) is 3.97. The van der Waals surface area contributed by atoms with Gasteiger partial charge in [0.2, 0.25) is 11.8 Å². The van der Waals surface area contributed by atoms with Crippen LogP contribution in [-0.4, -0.2) is 35.7 Å². The van der Waals surface area contributed by atoms with Gasteiger partial charge in [-0.25, -0.2) is 0 Å². The van der Waals surface area contributed by atoms with Gasteiger partial charge in [0.05, 0.1) is 0 Å². The molecule has 2 aliphatic rings. The number of benzene rings is 2. The standard InChI is InChI=1S/C22H24N4O3/c1-23-12-15-4-2-3-5-18(15)24-11-14-6-7-17-16(10-14)13-26(22(17)29)19-8-9-20(27)25-21(19)28/h2-7,10,19,23-24H,8-9,11-13H2,1H3,(H,25,27,28). The van der Waals surface area contributed by atoms with E-state index < -0.39 is 6.04 Å². The minimum absolute atomic E-state index is 0.145. The first-order valence-electron chi connectivity index (χ1n) is 9.79. The third kappa shape index (κ3) is 3.86. The van der Waals surface area contributed by atoms with Gasteiger partial charge in [-0.2, -0.15) is 0 Å². The number of nitrogens with one attached hydrogen (secondary N) is 3. The van der Waals surface area contributed by atoms with E-state index in [4.69, 9.17) is 0 Å². The van der Waals surface area contributed by atoms with E-state index in [-0.39, 0.29) is 24.1 Å². The molecule has 1 saturated heterocycles. The first-order chi connectivity index (χ1) is 14.1. The molecule has 29 heavy (non-hydrogen) atoms. The molecule has 150 valence electrons. The van der Waals surface area contributed by atoms with Crippen molar-refractivity contribution in [3.8, 4) is 0 Å². The Morgan fingerprint density at radius 3 is 2.72 bits per heavy atom. The summed E-state index contributed by atoms with van der Waals surface area (Å²) in [5.41, 5.74) is 4.89. The Bertz CT molecular complexity index is 972. The summed E-state index contributed by atoms with van der Waals surface area (Å²) in [6.07, 6.45) is 0.638. The quantitative estimate of drug-likeness (QED) is 0.652. The molecule has 2 aliphatic heterocycles. The van der Waals surface area contributed by atoms with Crippen molar-refractivity contribution in [1.82, 2.24) is 15.5 Å². The molecule has 0 spiro atoms. The van der Waals surface area contributed by atoms with Crippen molar-refractivity contribution < 1.29 is 14.4 Å². The molecule has 4 rings (SSSR count). The van der Waals surface area contributed by atoms with E-state index in [1.165, 1.54) is 5.56 Å². The van der Waals surface area contributed by atoms with Gasteiger partial charge in [-0.15, -0.1) is 0 Å². The van der Waals surface area contributed by atoms with Gasteiger partial charge in [-0.05, 0) is 42.3 Å². The topological polar surface area (TPSA) is 90.5 Å². The Balaban J connectivity index is 1.47. The van der Waals surface area contributed by atoms with Gasteiger partial charge in [0.1, 0.15) is 6.04 Å². The van der Waals surface area contributed by atoms with Gasteiger partial charge in [0, 0.05) is 37.3 Å². The summed E-state index contributed by atoms with van der Waals surface area (Å²) in [6, 6.07) is 13.4. The average molecular weight is 392 g/mol. The van der Waals surface area contributed by atoms with Gasteiger partial charge < -0.3 is 15.5 Å². The number of imide groups is 1. The number of amides is 3. The maximum Gasteiger partial charge on any atom is 0.255 e. The highest BCUT2D eigenvalue weighted by molar-refractivity contribution is 6.05. The zero-order valence-electron chi connectivity index (χ0n) is 16.3. The Morgan fingerprint density at radius 2 is 1.93 bits per heavy atom. The summed E-state index contributed by atoms with van der Waals surface area (Å²) in [5.74, 6) is -0.805. The molecule has 7 nitrogen and oxygen atoms in total. The largest absolute Gasteiger partial charge is 0.381 e. The lowest BCUT2D eigenvalue weighted by atomic mass is 10.0. The summed E-state index contributed by atoms with van der Waals surface area (Å²) in [7, 11) is 1.92. The van der Waals surface area contributed by atoms with Crippen molar-refractivity contribution in [2.75, 3.05) is 12.4 Å². The van der Waals surface area contributed by atoms with Crippen molar-refractivity contribution in [1.29, 1.82) is 0 Å². The van der Waals surface area contributed by atoms with Gasteiger partial charge in [0.25, 0.3) is 5.91 Å². The van der Waals surface area contributed by atoms with Crippen LogP contribution in [0.1, 0.15) is 39.9 Å². The van der Waals surface area contributed by atoms with Gasteiger partial charge in [0.15, 0.2) is 0 Å². The second-order valence-corrected chi connectivity index (χ2v) is 7.43. The van der Waals surface area contributed by atoms with E-state index >= 15 is 0 Å². The van der Waals surface area contributed by atoms with Crippen LogP contribution in [0.4, 0.5) is 5.69 Å². The lowest BCUT2D eigenvalue weighted by Gasteiger charge is -2.29. The van der Waals surface area contributed by atoms with Gasteiger partial charge in [-0.1, -0.05) is 30.3 Å². The van der Waals surface area contributed by atoms with E-state index in [2.05, 4.69) is 22.0 Å². The normalized spacial score (nSPS) is 18.6. The molecule has 0 aromatic heterocycles. The summed E-state index contributed by atoms with van der Waals surface area (Å²) in [5, 5.41) is 8.96. The lowest BCUT2D eigenvalue weighted by Crippen LogP contribution is -2.52. The van der Waals surface area contributed by atoms with Crippen molar-refractivity contribution in [3.63, 3.8) is 0 Å². The van der Waals surface area contributed by atoms with Crippen LogP contribution in [0, 0.1) is 0 Å². The fourth-order valence-corrected chi connectivity index (χ4v) is 3.97. The highest BCUT2D eigenvalue weighted by Gasteiger charge is 2.38. The number of piperidine rings is 1. The highest BCUT2D eigenvalue weighted by Crippen LogP contribution is 2.28. The Labute approximate surface area is 169 Å². The van der Waals surface area contributed by atoms with Crippen molar-refractivity contribution in [2.24, 2.45) is 0 Å². The Hall–Kier alpha value is -3.19. The monoisotopic (exact) mass is 392 g/mol. The predicted octanol–water partition coefficient (Wildman–Crippen LogP) is 1.78. The summed E-state index contributed by atoms with van der Waals surface area (Å²) < 4.78 is 0. The SMILES string of the molecule is CNCc1ccccc1NCc1ccc2c(c1)CN(C1CCC(=O)NC1=O)C2=O. The summed E-state index contributed by atoms with van der Waals surface area (Å²) >= 11 is 0. The third-order valence-corrected chi connectivity index (χ3v) is 5.46. The van der Waals surface area contributed by atoms with Crippen LogP contribution in [0.3, 0.4) is 0 Å². The second kappa shape index (κ2) is 8.05. The van der Waals surface area contributed by atoms with Gasteiger partial charge >= 0.3 is 0 Å². The number of para-hydroxylation sites is 1. The molecule has 3 amide bonds. The first-order valence-corrected chi connectivity index (χ1v) is 9.79. The molecule has 0 bridgehead atoms. The number of carbonyl (C=O) groups is 3. The van der Waals surface area contributed by atoms with E-state index in [0.29, 0.717) is 25.1 Å². The second-order valence-electron chi connectivity index (χ2n) is 7.43. The zero-order chi connectivity index (χ0) is 20.4. The van der Waals surface area contributed by atoms with Crippen LogP contribution in [-0.2, 0) is 29.2 Å². The summed E-state index contributed by atoms with van der Waals surface area (Å²) in [6.45, 7) is 1.81. The van der Waals surface area contributed by atoms with Crippen LogP contribution in [0.5, 0.6) is 0 Å². The number of hydrogen-bond acceptors (Lipinski definition) is 5. The first kappa shape index (κ1) is 19.1. The number of nitrogens with zero attached hydrogens (tertiary/aromatic N) is 1. The fraction of sp³-hybridized carbons (Fsp3) is 0.318. The smallest absolute Gasteiger partial charge is 0.255 e. The Morgan fingerprint density at radius 1 is 1.10 bits per heavy atom. The molecule has 2 aromatic rings. The molecule has 2 heterocycles. The number of anilines is 1. The van der Waals surface area contributed by atoms with Crippen LogP contribution < -0.4 is 16.0 Å². The molecular formula is C22H24N4O3. The summed E-state index contributed by atoms with van der Waals surface area (Å²) in [4.78, 5) is 37.9. The molecule has 1 fully saturated rings. The maximum absolute atomic E-state index is 12.8. The molecule has 2 aromatic carbocycles. The number of fused-ring (bicyclic) bond motifs is 1. The minimum atomic E-state index is -0.581. The van der Waals surface area contributed by atoms with Crippen LogP contribution >= 0.6 is 0 Å². The number of carbonyl (C=O) groups excluding carboxylic acids is 3. The molecule has 0 saturated carbocycles. The maximum atomic E-state index is 12.8. The molecule has 1 atom stereocenters. The number of hydrogen-bond donors (Lipinski definition) is 3. The average Bonchev–Trinajstić information content (AvgIpc) is 3.03. The lowest BCUT2D eigenvalue weighted by molar-refractivity contribution is -0.136. The molecule has 0 radical (unpaired) electrons. The van der Waals surface area contributed by atoms with E-state index in [1.807, 2.05) is 43.4 Å². The van der Waals surface area contributed by atoms with Gasteiger partial charge in [-0.3, -0.25) is 19.7 Å². The van der Waals surface area contributed by atoms with Crippen molar-refractivity contribution in [3.05, 3.63) is 64.7 Å². The van der Waals surface area contributed by atoms with Crippen molar-refractivity contribution >= 4 is 23.4 Å². The molecular weight excluding hydrogens is 368 g/mol. The highest BCUT2D eigenvalue weighted by atomic mass is 16.2. The Kier molecular flexibility index (Phi) is 5.31. The van der Waals surface area contributed by atoms with E-state index in [9.17, 15) is 14.4 Å². The zero-order valence-corrected chi connectivity index (χ0v) is 16.3. The van der Waals surface area contributed by atoms with E-state index in [0.717, 1.165) is 23.4 Å². The third-order valence-electron chi connectivity index (χ3n) is 5.46. The van der Waals surface area contributed by atoms with Crippen molar-refractivity contribution in [2.45, 2.75) is 38.5 Å². The predicted molar refractivity (Wildman–Crippen MR) is 109 cm³/mol. The number of rotatable bonds is 6. The molecule has 0 aliphatic carbocycles. The van der Waals surface area contributed by atoms with Crippen LogP contribution in [0.15, 0.2) is 42.5 Å². The molecule has 1 unspecified atom stereocenters. The molecule has 3 N–H and O–H groups in total. The van der Waals surface area contributed by atoms with Crippen LogP contribution in [0.2, 0.25) is 0 Å². The minimum Gasteiger partial charge on any atom is -0.381 e. The van der Waals surface area contributed by atoms with Crippen LogP contribution in [0.25, 0.3) is 0 Å².